The minimum absolute atomic E-state index is 0.0652. The number of rotatable bonds is 4. The van der Waals surface area contributed by atoms with E-state index < -0.39 is 5.97 Å². The van der Waals surface area contributed by atoms with Crippen LogP contribution in [0.4, 0.5) is 0 Å². The lowest BCUT2D eigenvalue weighted by atomic mass is 10.0. The van der Waals surface area contributed by atoms with Gasteiger partial charge in [0.2, 0.25) is 0 Å². The van der Waals surface area contributed by atoms with E-state index >= 15 is 0 Å². The molecule has 2 aromatic rings. The first-order valence-electron chi connectivity index (χ1n) is 5.72. The average Bonchev–Trinajstić information content (AvgIpc) is 2.39. The number of aliphatic carboxylic acids is 1. The first kappa shape index (κ1) is 12.1. The van der Waals surface area contributed by atoms with E-state index in [1.54, 1.807) is 6.08 Å². The maximum Gasteiger partial charge on any atom is 0.307 e. The first-order chi connectivity index (χ1) is 8.69. The topological polar surface area (TPSA) is 37.3 Å². The van der Waals surface area contributed by atoms with Gasteiger partial charge in [0.05, 0.1) is 6.42 Å². The maximum absolute atomic E-state index is 10.6. The van der Waals surface area contributed by atoms with Crippen LogP contribution < -0.4 is 0 Å². The largest absolute Gasteiger partial charge is 0.481 e. The lowest BCUT2D eigenvalue weighted by Crippen LogP contribution is -1.99. The molecule has 0 saturated carbocycles. The molecular weight excluding hydrogens is 224 g/mol. The summed E-state index contributed by atoms with van der Waals surface area (Å²) in [5.41, 5.74) is 4.09. The predicted molar refractivity (Wildman–Crippen MR) is 73.3 cm³/mol. The molecule has 0 aliphatic heterocycles. The number of benzene rings is 2. The molecule has 2 aromatic carbocycles. The van der Waals surface area contributed by atoms with Gasteiger partial charge in [-0.1, -0.05) is 61.2 Å². The summed E-state index contributed by atoms with van der Waals surface area (Å²) in [6, 6.07) is 15.7. The highest BCUT2D eigenvalue weighted by Gasteiger charge is 2.01. The van der Waals surface area contributed by atoms with Gasteiger partial charge in [-0.15, -0.1) is 0 Å². The van der Waals surface area contributed by atoms with Crippen molar-refractivity contribution in [3.63, 3.8) is 0 Å². The van der Waals surface area contributed by atoms with Gasteiger partial charge in [-0.2, -0.15) is 0 Å². The first-order valence-corrected chi connectivity index (χ1v) is 5.72. The Morgan fingerprint density at radius 1 is 1.00 bits per heavy atom. The molecule has 0 aliphatic rings. The number of carbonyl (C=O) groups is 1. The Labute approximate surface area is 106 Å². The van der Waals surface area contributed by atoms with Gasteiger partial charge >= 0.3 is 5.97 Å². The summed E-state index contributed by atoms with van der Waals surface area (Å²) >= 11 is 0. The van der Waals surface area contributed by atoms with Crippen LogP contribution in [0.25, 0.3) is 17.2 Å². The van der Waals surface area contributed by atoms with E-state index in [1.165, 1.54) is 0 Å². The number of hydrogen-bond donors (Lipinski definition) is 1. The Morgan fingerprint density at radius 3 is 1.94 bits per heavy atom. The summed E-state index contributed by atoms with van der Waals surface area (Å²) < 4.78 is 0. The second-order valence-corrected chi connectivity index (χ2v) is 4.09. The fraction of sp³-hybridized carbons (Fsp3) is 0.0625. The van der Waals surface area contributed by atoms with Gasteiger partial charge in [0.25, 0.3) is 0 Å². The van der Waals surface area contributed by atoms with Crippen LogP contribution in [0.5, 0.6) is 0 Å². The maximum atomic E-state index is 10.6. The second kappa shape index (κ2) is 5.32. The van der Waals surface area contributed by atoms with Crippen LogP contribution in [0.2, 0.25) is 0 Å². The third kappa shape index (κ3) is 2.86. The molecule has 2 nitrogen and oxygen atoms in total. The van der Waals surface area contributed by atoms with Crippen molar-refractivity contribution >= 4 is 12.0 Å². The highest BCUT2D eigenvalue weighted by Crippen LogP contribution is 2.20. The molecule has 0 aliphatic carbocycles. The van der Waals surface area contributed by atoms with Crippen molar-refractivity contribution in [2.24, 2.45) is 0 Å². The van der Waals surface area contributed by atoms with Crippen molar-refractivity contribution < 1.29 is 9.90 Å². The lowest BCUT2D eigenvalue weighted by molar-refractivity contribution is -0.136. The Bertz CT molecular complexity index is 551. The fourth-order valence-electron chi connectivity index (χ4n) is 1.80. The molecule has 0 saturated heterocycles. The highest BCUT2D eigenvalue weighted by atomic mass is 16.4. The zero-order chi connectivity index (χ0) is 13.0. The Hall–Kier alpha value is -2.35. The number of carboxylic acid groups (broad SMARTS) is 1. The summed E-state index contributed by atoms with van der Waals surface area (Å²) in [6.45, 7) is 3.72. The standard InChI is InChI=1S/C16H14O2/c1-2-12-3-7-14(8-4-12)15-9-5-13(6-10-15)11-16(17)18/h2-10H,1,11H2,(H,17,18). The van der Waals surface area contributed by atoms with Crippen molar-refractivity contribution in [1.82, 2.24) is 0 Å². The van der Waals surface area contributed by atoms with Crippen molar-refractivity contribution in [1.29, 1.82) is 0 Å². The monoisotopic (exact) mass is 238 g/mol. The molecule has 0 bridgehead atoms. The number of carboxylic acids is 1. The van der Waals surface area contributed by atoms with Crippen LogP contribution >= 0.6 is 0 Å². The summed E-state index contributed by atoms with van der Waals surface area (Å²) in [6.07, 6.45) is 1.87. The van der Waals surface area contributed by atoms with Gasteiger partial charge in [-0.05, 0) is 22.3 Å². The molecule has 0 amide bonds. The van der Waals surface area contributed by atoms with E-state index in [0.29, 0.717) is 0 Å². The van der Waals surface area contributed by atoms with Gasteiger partial charge in [0, 0.05) is 0 Å². The fourth-order valence-corrected chi connectivity index (χ4v) is 1.80. The SMILES string of the molecule is C=Cc1ccc(-c2ccc(CC(=O)O)cc2)cc1. The van der Waals surface area contributed by atoms with E-state index in [2.05, 4.69) is 6.58 Å². The lowest BCUT2D eigenvalue weighted by Gasteiger charge is -2.04. The highest BCUT2D eigenvalue weighted by molar-refractivity contribution is 5.71. The molecule has 0 fully saturated rings. The molecule has 1 N–H and O–H groups in total. The zero-order valence-electron chi connectivity index (χ0n) is 9.97. The van der Waals surface area contributed by atoms with Crippen molar-refractivity contribution in [3.8, 4) is 11.1 Å². The summed E-state index contributed by atoms with van der Waals surface area (Å²) in [7, 11) is 0. The molecule has 2 rings (SSSR count). The molecule has 0 atom stereocenters. The Balaban J connectivity index is 2.22. The van der Waals surface area contributed by atoms with Gasteiger partial charge in [-0.3, -0.25) is 4.79 Å². The molecule has 0 heterocycles. The number of hydrogen-bond acceptors (Lipinski definition) is 1. The van der Waals surface area contributed by atoms with Crippen molar-refractivity contribution in [2.45, 2.75) is 6.42 Å². The second-order valence-electron chi connectivity index (χ2n) is 4.09. The van der Waals surface area contributed by atoms with E-state index in [0.717, 1.165) is 22.3 Å². The third-order valence-electron chi connectivity index (χ3n) is 2.79. The molecule has 0 unspecified atom stereocenters. The van der Waals surface area contributed by atoms with Gasteiger partial charge in [-0.25, -0.2) is 0 Å². The minimum Gasteiger partial charge on any atom is -0.481 e. The van der Waals surface area contributed by atoms with Crippen LogP contribution in [-0.2, 0) is 11.2 Å². The molecule has 0 spiro atoms. The Kier molecular flexibility index (Phi) is 3.58. The van der Waals surface area contributed by atoms with Crippen LogP contribution in [-0.4, -0.2) is 11.1 Å². The van der Waals surface area contributed by atoms with Crippen LogP contribution in [0.15, 0.2) is 55.1 Å². The van der Waals surface area contributed by atoms with Crippen LogP contribution in [0, 0.1) is 0 Å². The molecule has 18 heavy (non-hydrogen) atoms. The van der Waals surface area contributed by atoms with E-state index in [4.69, 9.17) is 5.11 Å². The quantitative estimate of drug-likeness (QED) is 0.883. The Morgan fingerprint density at radius 2 is 1.50 bits per heavy atom. The molecule has 2 heteroatoms. The summed E-state index contributed by atoms with van der Waals surface area (Å²) in [5.74, 6) is -0.807. The van der Waals surface area contributed by atoms with Gasteiger partial charge < -0.3 is 5.11 Å². The van der Waals surface area contributed by atoms with E-state index in [9.17, 15) is 4.79 Å². The summed E-state index contributed by atoms with van der Waals surface area (Å²) in [4.78, 5) is 10.6. The third-order valence-corrected chi connectivity index (χ3v) is 2.79. The van der Waals surface area contributed by atoms with Crippen molar-refractivity contribution in [2.75, 3.05) is 0 Å². The minimum atomic E-state index is -0.807. The summed E-state index contributed by atoms with van der Waals surface area (Å²) in [5, 5.41) is 8.70. The van der Waals surface area contributed by atoms with Gasteiger partial charge in [0.1, 0.15) is 0 Å². The molecule has 0 aromatic heterocycles. The average molecular weight is 238 g/mol. The molecule has 0 radical (unpaired) electrons. The molecular formula is C16H14O2. The van der Waals surface area contributed by atoms with E-state index in [-0.39, 0.29) is 6.42 Å². The van der Waals surface area contributed by atoms with Crippen molar-refractivity contribution in [3.05, 3.63) is 66.2 Å². The van der Waals surface area contributed by atoms with Crippen LogP contribution in [0.1, 0.15) is 11.1 Å². The smallest absolute Gasteiger partial charge is 0.307 e. The van der Waals surface area contributed by atoms with Gasteiger partial charge in [0.15, 0.2) is 0 Å². The predicted octanol–water partition coefficient (Wildman–Crippen LogP) is 3.62. The normalized spacial score (nSPS) is 10.0. The van der Waals surface area contributed by atoms with Crippen LogP contribution in [0.3, 0.4) is 0 Å². The van der Waals surface area contributed by atoms with E-state index in [1.807, 2.05) is 48.5 Å². The zero-order valence-corrected chi connectivity index (χ0v) is 9.97. The molecule has 90 valence electrons.